The molecule has 1 aliphatic rings. The molecule has 9 nitrogen and oxygen atoms in total. The number of esters is 2. The van der Waals surface area contributed by atoms with Gasteiger partial charge in [-0.05, 0) is 38.1 Å². The molecule has 0 saturated carbocycles. The van der Waals surface area contributed by atoms with E-state index in [2.05, 4.69) is 10.6 Å². The Labute approximate surface area is 196 Å². The predicted octanol–water partition coefficient (Wildman–Crippen LogP) is 3.02. The molecule has 0 aliphatic carbocycles. The Balaban J connectivity index is 1.48. The number of amides is 2. The number of urea groups is 1. The molecular formula is C25H26N4O5. The Morgan fingerprint density at radius 2 is 1.79 bits per heavy atom. The van der Waals surface area contributed by atoms with Crippen LogP contribution in [0.3, 0.4) is 0 Å². The lowest BCUT2D eigenvalue weighted by molar-refractivity contribution is -0.143. The number of para-hydroxylation sites is 3. The van der Waals surface area contributed by atoms with Crippen LogP contribution >= 0.6 is 0 Å². The molecule has 0 unspecified atom stereocenters. The lowest BCUT2D eigenvalue weighted by Gasteiger charge is -2.26. The Morgan fingerprint density at radius 3 is 2.56 bits per heavy atom. The maximum absolute atomic E-state index is 12.6. The summed E-state index contributed by atoms with van der Waals surface area (Å²) in [5, 5.41) is 5.16. The first kappa shape index (κ1) is 23.0. The van der Waals surface area contributed by atoms with Gasteiger partial charge in [0.05, 0.1) is 41.4 Å². The molecule has 2 amide bonds. The van der Waals surface area contributed by atoms with Gasteiger partial charge >= 0.3 is 18.0 Å². The second kappa shape index (κ2) is 10.2. The average Bonchev–Trinajstić information content (AvgIpc) is 3.20. The molecule has 4 rings (SSSR count). The zero-order chi connectivity index (χ0) is 24.1. The number of imidazole rings is 1. The van der Waals surface area contributed by atoms with Crippen molar-refractivity contribution in [3.8, 4) is 5.69 Å². The summed E-state index contributed by atoms with van der Waals surface area (Å²) in [5.74, 6) is -0.299. The first-order chi connectivity index (χ1) is 16.5. The van der Waals surface area contributed by atoms with Crippen LogP contribution in [-0.2, 0) is 25.5 Å². The number of aryl methyl sites for hydroxylation is 1. The van der Waals surface area contributed by atoms with Crippen LogP contribution < -0.4 is 10.6 Å². The van der Waals surface area contributed by atoms with E-state index in [1.165, 1.54) is 0 Å². The number of hydrogen-bond donors (Lipinski definition) is 2. The van der Waals surface area contributed by atoms with E-state index in [0.717, 1.165) is 22.5 Å². The maximum Gasteiger partial charge on any atom is 0.338 e. The van der Waals surface area contributed by atoms with Crippen molar-refractivity contribution < 1.29 is 23.9 Å². The third kappa shape index (κ3) is 4.93. The standard InChI is InChI=1S/C25H26N4O5/c1-3-33-24(31)23-16(2)26-25(32)28-19(23)15-34-22(30)14-13-21-27-18-11-7-8-12-20(18)29(21)17-9-5-4-6-10-17/h4-12,16H,3,13-15H2,1-2H3,(H2,26,28,32)/t16-/m1/s1. The summed E-state index contributed by atoms with van der Waals surface area (Å²) in [6.45, 7) is 3.32. The highest BCUT2D eigenvalue weighted by Crippen LogP contribution is 2.22. The van der Waals surface area contributed by atoms with Crippen LogP contribution in [0.5, 0.6) is 0 Å². The summed E-state index contributed by atoms with van der Waals surface area (Å²) >= 11 is 0. The van der Waals surface area contributed by atoms with Gasteiger partial charge in [0.25, 0.3) is 0 Å². The second-order valence-electron chi connectivity index (χ2n) is 7.78. The van der Waals surface area contributed by atoms with Gasteiger partial charge in [-0.1, -0.05) is 30.3 Å². The number of carbonyl (C=O) groups is 3. The Bertz CT molecular complexity index is 1250. The van der Waals surface area contributed by atoms with E-state index >= 15 is 0 Å². The third-order valence-corrected chi connectivity index (χ3v) is 5.44. The molecular weight excluding hydrogens is 436 g/mol. The first-order valence-electron chi connectivity index (χ1n) is 11.1. The van der Waals surface area contributed by atoms with Crippen molar-refractivity contribution in [2.45, 2.75) is 32.7 Å². The van der Waals surface area contributed by atoms with Gasteiger partial charge in [-0.3, -0.25) is 9.36 Å². The maximum atomic E-state index is 12.6. The van der Waals surface area contributed by atoms with E-state index in [-0.39, 0.29) is 30.9 Å². The van der Waals surface area contributed by atoms with Gasteiger partial charge in [0.15, 0.2) is 0 Å². The molecule has 0 fully saturated rings. The van der Waals surface area contributed by atoms with Gasteiger partial charge in [0.1, 0.15) is 12.4 Å². The van der Waals surface area contributed by atoms with Crippen LogP contribution in [0.25, 0.3) is 16.7 Å². The third-order valence-electron chi connectivity index (χ3n) is 5.44. The van der Waals surface area contributed by atoms with E-state index in [1.807, 2.05) is 59.2 Å². The van der Waals surface area contributed by atoms with Crippen LogP contribution in [0, 0.1) is 0 Å². The minimum atomic E-state index is -0.565. The zero-order valence-corrected chi connectivity index (χ0v) is 19.0. The summed E-state index contributed by atoms with van der Waals surface area (Å²) in [4.78, 5) is 41.4. The van der Waals surface area contributed by atoms with Crippen molar-refractivity contribution in [3.05, 3.63) is 71.7 Å². The average molecular weight is 463 g/mol. The number of aromatic nitrogens is 2. The summed E-state index contributed by atoms with van der Waals surface area (Å²) < 4.78 is 12.5. The number of nitrogens with one attached hydrogen (secondary N) is 2. The molecule has 9 heteroatoms. The van der Waals surface area contributed by atoms with Crippen LogP contribution in [0.4, 0.5) is 4.79 Å². The number of nitrogens with zero attached hydrogens (tertiary/aromatic N) is 2. The smallest absolute Gasteiger partial charge is 0.338 e. The fourth-order valence-corrected chi connectivity index (χ4v) is 3.94. The fourth-order valence-electron chi connectivity index (χ4n) is 3.94. The monoisotopic (exact) mass is 462 g/mol. The molecule has 34 heavy (non-hydrogen) atoms. The predicted molar refractivity (Wildman–Crippen MR) is 125 cm³/mol. The summed E-state index contributed by atoms with van der Waals surface area (Å²) in [7, 11) is 0. The van der Waals surface area contributed by atoms with Gasteiger partial charge in [0, 0.05) is 12.1 Å². The molecule has 1 aliphatic heterocycles. The van der Waals surface area contributed by atoms with E-state index < -0.39 is 24.0 Å². The Kier molecular flexibility index (Phi) is 6.91. The normalized spacial score (nSPS) is 15.6. The van der Waals surface area contributed by atoms with Crippen molar-refractivity contribution in [2.75, 3.05) is 13.2 Å². The summed E-state index contributed by atoms with van der Waals surface area (Å²) in [5.41, 5.74) is 3.20. The van der Waals surface area contributed by atoms with E-state index in [0.29, 0.717) is 6.42 Å². The molecule has 2 N–H and O–H groups in total. The molecule has 0 radical (unpaired) electrons. The van der Waals surface area contributed by atoms with Crippen molar-refractivity contribution in [2.24, 2.45) is 0 Å². The van der Waals surface area contributed by atoms with E-state index in [9.17, 15) is 14.4 Å². The largest absolute Gasteiger partial charge is 0.463 e. The molecule has 1 aromatic heterocycles. The lowest BCUT2D eigenvalue weighted by atomic mass is 10.0. The van der Waals surface area contributed by atoms with Gasteiger partial charge in [-0.25, -0.2) is 14.6 Å². The second-order valence-corrected chi connectivity index (χ2v) is 7.78. The molecule has 1 atom stereocenters. The molecule has 0 spiro atoms. The number of benzene rings is 2. The lowest BCUT2D eigenvalue weighted by Crippen LogP contribution is -2.50. The minimum absolute atomic E-state index is 0.0833. The molecule has 0 saturated heterocycles. The Morgan fingerprint density at radius 1 is 1.06 bits per heavy atom. The van der Waals surface area contributed by atoms with Gasteiger partial charge in [-0.2, -0.15) is 0 Å². The number of ether oxygens (including phenoxy) is 2. The molecule has 0 bridgehead atoms. The molecule has 2 heterocycles. The van der Waals surface area contributed by atoms with Gasteiger partial charge < -0.3 is 20.1 Å². The SMILES string of the molecule is CCOC(=O)C1=C(COC(=O)CCc2nc3ccccc3n2-c2ccccc2)NC(=O)N[C@@H]1C. The number of carbonyl (C=O) groups excluding carboxylic acids is 3. The number of fused-ring (bicyclic) bond motifs is 1. The van der Waals surface area contributed by atoms with Crippen LogP contribution in [-0.4, -0.2) is 46.8 Å². The van der Waals surface area contributed by atoms with Crippen molar-refractivity contribution >= 4 is 29.0 Å². The Hall–Kier alpha value is -4.14. The van der Waals surface area contributed by atoms with Crippen LogP contribution in [0.2, 0.25) is 0 Å². The van der Waals surface area contributed by atoms with Crippen LogP contribution in [0.15, 0.2) is 65.9 Å². The van der Waals surface area contributed by atoms with Gasteiger partial charge in [0.2, 0.25) is 0 Å². The summed E-state index contributed by atoms with van der Waals surface area (Å²) in [6.07, 6.45) is 0.441. The highest BCUT2D eigenvalue weighted by atomic mass is 16.5. The van der Waals surface area contributed by atoms with Gasteiger partial charge in [-0.15, -0.1) is 0 Å². The molecule has 2 aromatic carbocycles. The van der Waals surface area contributed by atoms with Crippen LogP contribution in [0.1, 0.15) is 26.1 Å². The van der Waals surface area contributed by atoms with Crippen molar-refractivity contribution in [3.63, 3.8) is 0 Å². The zero-order valence-electron chi connectivity index (χ0n) is 19.0. The van der Waals surface area contributed by atoms with Crippen molar-refractivity contribution in [1.82, 2.24) is 20.2 Å². The van der Waals surface area contributed by atoms with E-state index in [4.69, 9.17) is 14.5 Å². The highest BCUT2D eigenvalue weighted by molar-refractivity contribution is 5.94. The first-order valence-corrected chi connectivity index (χ1v) is 11.1. The molecule has 3 aromatic rings. The number of hydrogen-bond acceptors (Lipinski definition) is 6. The summed E-state index contributed by atoms with van der Waals surface area (Å²) in [6, 6.07) is 16.6. The molecule has 176 valence electrons. The minimum Gasteiger partial charge on any atom is -0.463 e. The highest BCUT2D eigenvalue weighted by Gasteiger charge is 2.30. The van der Waals surface area contributed by atoms with Crippen molar-refractivity contribution in [1.29, 1.82) is 0 Å². The van der Waals surface area contributed by atoms with E-state index in [1.54, 1.807) is 13.8 Å². The topological polar surface area (TPSA) is 112 Å². The fraction of sp³-hybridized carbons (Fsp3) is 0.280. The number of rotatable bonds is 8. The quantitative estimate of drug-likeness (QED) is 0.498.